The van der Waals surface area contributed by atoms with E-state index in [1.807, 2.05) is 0 Å². The maximum atomic E-state index is 11.1. The molecule has 2 aromatic rings. The first-order valence-electron chi connectivity index (χ1n) is 5.74. The third-order valence-corrected chi connectivity index (χ3v) is 3.73. The van der Waals surface area contributed by atoms with Gasteiger partial charge in [-0.1, -0.05) is 30.0 Å². The van der Waals surface area contributed by atoms with Crippen LogP contribution >= 0.6 is 11.8 Å². The molecule has 5 nitrogen and oxygen atoms in total. The summed E-state index contributed by atoms with van der Waals surface area (Å²) >= 11 is 1.18. The second-order valence-corrected chi connectivity index (χ2v) is 5.23. The molecule has 20 heavy (non-hydrogen) atoms. The van der Waals surface area contributed by atoms with Gasteiger partial charge < -0.3 is 5.11 Å². The zero-order valence-electron chi connectivity index (χ0n) is 10.6. The number of aryl methyl sites for hydroxylation is 1. The minimum absolute atomic E-state index is 0.0539. The maximum Gasteiger partial charge on any atom is 0.335 e. The Bertz CT molecular complexity index is 685. The first-order chi connectivity index (χ1) is 9.49. The molecule has 2 aromatic carbocycles. The number of hydrogen-bond donors (Lipinski definition) is 1. The van der Waals surface area contributed by atoms with Gasteiger partial charge in [-0.2, -0.15) is 0 Å². The molecular weight excluding hydrogens is 278 g/mol. The molecule has 0 radical (unpaired) electrons. The lowest BCUT2D eigenvalue weighted by atomic mass is 10.2. The van der Waals surface area contributed by atoms with E-state index in [2.05, 4.69) is 0 Å². The van der Waals surface area contributed by atoms with Crippen LogP contribution in [0.15, 0.2) is 52.3 Å². The van der Waals surface area contributed by atoms with Crippen molar-refractivity contribution in [2.45, 2.75) is 16.7 Å². The Morgan fingerprint density at radius 1 is 1.25 bits per heavy atom. The lowest BCUT2D eigenvalue weighted by Crippen LogP contribution is -1.96. The van der Waals surface area contributed by atoms with Gasteiger partial charge in [0.1, 0.15) is 0 Å². The number of aromatic carboxylic acids is 1. The van der Waals surface area contributed by atoms with E-state index >= 15 is 0 Å². The molecule has 2 rings (SSSR count). The minimum Gasteiger partial charge on any atom is -0.478 e. The minimum atomic E-state index is -1.02. The van der Waals surface area contributed by atoms with Gasteiger partial charge in [-0.25, -0.2) is 4.79 Å². The van der Waals surface area contributed by atoms with Gasteiger partial charge in [-0.15, -0.1) is 0 Å². The van der Waals surface area contributed by atoms with E-state index in [9.17, 15) is 14.9 Å². The Morgan fingerprint density at radius 3 is 2.60 bits per heavy atom. The van der Waals surface area contributed by atoms with Crippen LogP contribution in [0.2, 0.25) is 0 Å². The third kappa shape index (κ3) is 2.97. The molecule has 0 heterocycles. The monoisotopic (exact) mass is 289 g/mol. The van der Waals surface area contributed by atoms with Crippen molar-refractivity contribution in [2.24, 2.45) is 0 Å². The molecule has 0 aliphatic carbocycles. The van der Waals surface area contributed by atoms with Crippen LogP contribution in [0.25, 0.3) is 0 Å². The molecular formula is C14H11NO4S. The quantitative estimate of drug-likeness (QED) is 0.684. The topological polar surface area (TPSA) is 80.4 Å². The van der Waals surface area contributed by atoms with Crippen molar-refractivity contribution >= 4 is 23.4 Å². The summed E-state index contributed by atoms with van der Waals surface area (Å²) in [5.41, 5.74) is 0.790. The summed E-state index contributed by atoms with van der Waals surface area (Å²) in [5, 5.41) is 20.1. The summed E-state index contributed by atoms with van der Waals surface area (Å²) in [6, 6.07) is 11.4. The Kier molecular flexibility index (Phi) is 4.05. The first-order valence-corrected chi connectivity index (χ1v) is 6.56. The number of benzene rings is 2. The van der Waals surface area contributed by atoms with E-state index in [1.54, 1.807) is 37.3 Å². The fourth-order valence-corrected chi connectivity index (χ4v) is 2.83. The molecule has 0 fully saturated rings. The predicted octanol–water partition coefficient (Wildman–Crippen LogP) is 3.75. The van der Waals surface area contributed by atoms with Crippen LogP contribution in [0.5, 0.6) is 0 Å². The van der Waals surface area contributed by atoms with Crippen molar-refractivity contribution in [3.8, 4) is 0 Å². The number of carboxylic acid groups (broad SMARTS) is 1. The average molecular weight is 289 g/mol. The number of nitro groups is 1. The Morgan fingerprint density at radius 2 is 1.95 bits per heavy atom. The van der Waals surface area contributed by atoms with Crippen LogP contribution in [0.4, 0.5) is 5.69 Å². The number of hydrogen-bond acceptors (Lipinski definition) is 4. The molecule has 6 heteroatoms. The van der Waals surface area contributed by atoms with Gasteiger partial charge in [0.2, 0.25) is 0 Å². The van der Waals surface area contributed by atoms with E-state index in [0.717, 1.165) is 0 Å². The van der Waals surface area contributed by atoms with Crippen molar-refractivity contribution in [3.05, 3.63) is 63.7 Å². The normalized spacial score (nSPS) is 10.2. The van der Waals surface area contributed by atoms with Crippen molar-refractivity contribution in [2.75, 3.05) is 0 Å². The highest BCUT2D eigenvalue weighted by molar-refractivity contribution is 7.99. The molecule has 1 N–H and O–H groups in total. The summed E-state index contributed by atoms with van der Waals surface area (Å²) in [6.07, 6.45) is 0. The fraction of sp³-hybridized carbons (Fsp3) is 0.0714. The lowest BCUT2D eigenvalue weighted by Gasteiger charge is -2.05. The van der Waals surface area contributed by atoms with Crippen LogP contribution < -0.4 is 0 Å². The molecule has 0 aliphatic rings. The molecule has 0 spiro atoms. The van der Waals surface area contributed by atoms with E-state index in [0.29, 0.717) is 15.4 Å². The molecule has 0 aliphatic heterocycles. The second kappa shape index (κ2) is 5.75. The van der Waals surface area contributed by atoms with E-state index < -0.39 is 10.9 Å². The molecule has 0 amide bonds. The van der Waals surface area contributed by atoms with Gasteiger partial charge in [0.15, 0.2) is 0 Å². The molecule has 102 valence electrons. The number of carboxylic acids is 1. The summed E-state index contributed by atoms with van der Waals surface area (Å²) in [4.78, 5) is 22.8. The number of nitro benzene ring substituents is 1. The fourth-order valence-electron chi connectivity index (χ4n) is 1.77. The molecule has 0 aromatic heterocycles. The van der Waals surface area contributed by atoms with Gasteiger partial charge >= 0.3 is 5.97 Å². The summed E-state index contributed by atoms with van der Waals surface area (Å²) in [7, 11) is 0. The van der Waals surface area contributed by atoms with Gasteiger partial charge in [0, 0.05) is 10.5 Å². The van der Waals surface area contributed by atoms with Crippen molar-refractivity contribution in [1.82, 2.24) is 0 Å². The number of para-hydroxylation sites is 1. The number of carbonyl (C=O) groups is 1. The summed E-state index contributed by atoms with van der Waals surface area (Å²) in [6.45, 7) is 1.68. The van der Waals surface area contributed by atoms with Crippen LogP contribution in [-0.4, -0.2) is 16.0 Å². The van der Waals surface area contributed by atoms with Crippen molar-refractivity contribution in [3.63, 3.8) is 0 Å². The van der Waals surface area contributed by atoms with Crippen molar-refractivity contribution < 1.29 is 14.8 Å². The van der Waals surface area contributed by atoms with E-state index in [-0.39, 0.29) is 11.3 Å². The van der Waals surface area contributed by atoms with Gasteiger partial charge in [0.25, 0.3) is 5.69 Å². The highest BCUT2D eigenvalue weighted by atomic mass is 32.2. The van der Waals surface area contributed by atoms with E-state index in [1.165, 1.54) is 23.9 Å². The third-order valence-electron chi connectivity index (χ3n) is 2.69. The zero-order valence-corrected chi connectivity index (χ0v) is 11.4. The molecule has 0 atom stereocenters. The van der Waals surface area contributed by atoms with Crippen LogP contribution in [0.1, 0.15) is 15.9 Å². The Hall–Kier alpha value is -2.34. The SMILES string of the molecule is Cc1cccc(Sc2cccc(C(=O)O)c2)c1[N+](=O)[O-]. The van der Waals surface area contributed by atoms with Crippen LogP contribution in [-0.2, 0) is 0 Å². The molecule has 0 saturated heterocycles. The Labute approximate surface area is 119 Å². The van der Waals surface area contributed by atoms with Crippen LogP contribution in [0, 0.1) is 17.0 Å². The smallest absolute Gasteiger partial charge is 0.335 e. The van der Waals surface area contributed by atoms with Gasteiger partial charge in [0.05, 0.1) is 15.4 Å². The predicted molar refractivity (Wildman–Crippen MR) is 75.4 cm³/mol. The first kappa shape index (κ1) is 14.1. The van der Waals surface area contributed by atoms with E-state index in [4.69, 9.17) is 5.11 Å². The Balaban J connectivity index is 2.40. The van der Waals surface area contributed by atoms with Crippen LogP contribution in [0.3, 0.4) is 0 Å². The maximum absolute atomic E-state index is 11.1. The largest absolute Gasteiger partial charge is 0.478 e. The second-order valence-electron chi connectivity index (χ2n) is 4.11. The summed E-state index contributed by atoms with van der Waals surface area (Å²) in [5.74, 6) is -1.02. The molecule has 0 unspecified atom stereocenters. The standard InChI is InChI=1S/C14H11NO4S/c1-9-4-2-7-12(13(9)15(18)19)20-11-6-3-5-10(8-11)14(16)17/h2-8H,1H3,(H,16,17). The average Bonchev–Trinajstić information content (AvgIpc) is 2.38. The molecule has 0 bridgehead atoms. The van der Waals surface area contributed by atoms with Gasteiger partial charge in [-0.3, -0.25) is 10.1 Å². The molecule has 0 saturated carbocycles. The number of nitrogens with zero attached hydrogens (tertiary/aromatic N) is 1. The number of rotatable bonds is 4. The lowest BCUT2D eigenvalue weighted by molar-refractivity contribution is -0.388. The highest BCUT2D eigenvalue weighted by Gasteiger charge is 2.17. The zero-order chi connectivity index (χ0) is 14.7. The summed E-state index contributed by atoms with van der Waals surface area (Å²) < 4.78 is 0. The van der Waals surface area contributed by atoms with Crippen molar-refractivity contribution in [1.29, 1.82) is 0 Å². The van der Waals surface area contributed by atoms with Gasteiger partial charge in [-0.05, 0) is 31.2 Å². The highest BCUT2D eigenvalue weighted by Crippen LogP contribution is 2.36.